The minimum atomic E-state index is 0.791. The highest BCUT2D eigenvalue weighted by molar-refractivity contribution is 5.98. The Labute approximate surface area is 161 Å². The number of hydrogen-bond donors (Lipinski definition) is 0. The van der Waals surface area contributed by atoms with Crippen LogP contribution in [-0.2, 0) is 4.84 Å². The third kappa shape index (κ3) is 4.88. The fraction of sp³-hybridized carbons (Fsp3) is 0.364. The first-order valence-corrected chi connectivity index (χ1v) is 9.32. The van der Waals surface area contributed by atoms with Crippen molar-refractivity contribution in [2.24, 2.45) is 10.1 Å². The minimum Gasteiger partial charge on any atom is -0.457 e. The second-order valence-corrected chi connectivity index (χ2v) is 6.88. The number of oxime groups is 1. The molecule has 0 aromatic heterocycles. The quantitative estimate of drug-likeness (QED) is 0.400. The number of likely N-dealkylation sites (tertiary alicyclic amines) is 1. The molecule has 0 spiro atoms. The van der Waals surface area contributed by atoms with E-state index in [9.17, 15) is 0 Å². The molecule has 0 amide bonds. The molecule has 0 saturated carbocycles. The van der Waals surface area contributed by atoms with Gasteiger partial charge in [0.1, 0.15) is 18.6 Å². The largest absolute Gasteiger partial charge is 0.457 e. The highest BCUT2D eigenvalue weighted by atomic mass is 16.6. The molecule has 0 radical (unpaired) electrons. The smallest absolute Gasteiger partial charge is 0.130 e. The molecule has 1 aliphatic rings. The normalized spacial score (nSPS) is 14.8. The Kier molecular flexibility index (Phi) is 6.12. The Morgan fingerprint density at radius 2 is 1.74 bits per heavy atom. The van der Waals surface area contributed by atoms with Gasteiger partial charge in [-0.15, -0.1) is 0 Å². The summed E-state index contributed by atoms with van der Waals surface area (Å²) in [6.45, 7) is 8.23. The van der Waals surface area contributed by atoms with E-state index in [1.54, 1.807) is 7.11 Å². The van der Waals surface area contributed by atoms with Gasteiger partial charge in [-0.25, -0.2) is 4.99 Å². The van der Waals surface area contributed by atoms with Gasteiger partial charge < -0.3 is 14.5 Å². The van der Waals surface area contributed by atoms with Crippen molar-refractivity contribution in [2.45, 2.75) is 33.6 Å². The first kappa shape index (κ1) is 19.0. The standard InChI is InChI=1S/C22H27N3O2/c1-16-14-22(17(2)13-21(16)23-15-25-11-5-6-12-25)27-20-9-7-19(8-10-20)18(3)24-26-4/h7-10,13-15H,5-6,11-12H2,1-4H3/b23-15+,24-18?. The lowest BCUT2D eigenvalue weighted by molar-refractivity contribution is 0.213. The summed E-state index contributed by atoms with van der Waals surface area (Å²) in [5.41, 5.74) is 5.00. The summed E-state index contributed by atoms with van der Waals surface area (Å²) in [5.74, 6) is 1.64. The van der Waals surface area contributed by atoms with Crippen LogP contribution < -0.4 is 4.74 Å². The van der Waals surface area contributed by atoms with E-state index in [1.165, 1.54) is 12.8 Å². The number of aryl methyl sites for hydroxylation is 2. The molecule has 0 bridgehead atoms. The van der Waals surface area contributed by atoms with Crippen molar-refractivity contribution in [1.82, 2.24) is 4.90 Å². The number of ether oxygens (including phenoxy) is 1. The van der Waals surface area contributed by atoms with Crippen LogP contribution in [0, 0.1) is 13.8 Å². The molecule has 0 N–H and O–H groups in total. The molecule has 5 nitrogen and oxygen atoms in total. The Morgan fingerprint density at radius 3 is 2.41 bits per heavy atom. The van der Waals surface area contributed by atoms with Gasteiger partial charge >= 0.3 is 0 Å². The molecule has 1 heterocycles. The first-order chi connectivity index (χ1) is 13.1. The van der Waals surface area contributed by atoms with Gasteiger partial charge in [0.25, 0.3) is 0 Å². The Hall–Kier alpha value is -2.82. The van der Waals surface area contributed by atoms with Crippen molar-refractivity contribution >= 4 is 17.7 Å². The van der Waals surface area contributed by atoms with E-state index in [0.29, 0.717) is 0 Å². The summed E-state index contributed by atoms with van der Waals surface area (Å²) in [6, 6.07) is 12.0. The predicted molar refractivity (Wildman–Crippen MR) is 111 cm³/mol. The average Bonchev–Trinajstić information content (AvgIpc) is 3.18. The lowest BCUT2D eigenvalue weighted by Crippen LogP contribution is -2.16. The van der Waals surface area contributed by atoms with Crippen molar-refractivity contribution in [2.75, 3.05) is 20.2 Å². The van der Waals surface area contributed by atoms with Crippen LogP contribution in [0.1, 0.15) is 36.5 Å². The van der Waals surface area contributed by atoms with Crippen LogP contribution in [-0.4, -0.2) is 37.1 Å². The molecular formula is C22H27N3O2. The topological polar surface area (TPSA) is 46.4 Å². The van der Waals surface area contributed by atoms with E-state index < -0.39 is 0 Å². The summed E-state index contributed by atoms with van der Waals surface area (Å²) >= 11 is 0. The van der Waals surface area contributed by atoms with Gasteiger partial charge in [0.15, 0.2) is 0 Å². The fourth-order valence-corrected chi connectivity index (χ4v) is 3.11. The lowest BCUT2D eigenvalue weighted by atomic mass is 10.1. The summed E-state index contributed by atoms with van der Waals surface area (Å²) in [4.78, 5) is 11.8. The molecule has 0 unspecified atom stereocenters. The molecular weight excluding hydrogens is 338 g/mol. The van der Waals surface area contributed by atoms with Gasteiger partial charge in [0, 0.05) is 13.1 Å². The number of hydrogen-bond acceptors (Lipinski definition) is 4. The molecule has 0 aliphatic carbocycles. The van der Waals surface area contributed by atoms with E-state index in [1.807, 2.05) is 44.5 Å². The van der Waals surface area contributed by atoms with Crippen molar-refractivity contribution in [3.8, 4) is 11.5 Å². The fourth-order valence-electron chi connectivity index (χ4n) is 3.11. The van der Waals surface area contributed by atoms with Crippen LogP contribution in [0.25, 0.3) is 0 Å². The lowest BCUT2D eigenvalue weighted by Gasteiger charge is -2.13. The Balaban J connectivity index is 1.73. The summed E-state index contributed by atoms with van der Waals surface area (Å²) in [5, 5.41) is 3.95. The van der Waals surface area contributed by atoms with E-state index in [0.717, 1.165) is 52.7 Å². The maximum Gasteiger partial charge on any atom is 0.130 e. The monoisotopic (exact) mass is 365 g/mol. The maximum atomic E-state index is 6.08. The number of benzene rings is 2. The molecule has 2 aromatic carbocycles. The van der Waals surface area contributed by atoms with E-state index in [-0.39, 0.29) is 0 Å². The third-order valence-corrected chi connectivity index (χ3v) is 4.72. The van der Waals surface area contributed by atoms with Crippen LogP contribution >= 0.6 is 0 Å². The van der Waals surface area contributed by atoms with Crippen LogP contribution in [0.5, 0.6) is 11.5 Å². The first-order valence-electron chi connectivity index (χ1n) is 9.32. The van der Waals surface area contributed by atoms with Crippen molar-refractivity contribution < 1.29 is 9.57 Å². The SMILES string of the molecule is CON=C(C)c1ccc(Oc2cc(C)c(/N=C/N3CCCC3)cc2C)cc1. The molecule has 1 fully saturated rings. The van der Waals surface area contributed by atoms with Crippen LogP contribution in [0.4, 0.5) is 5.69 Å². The minimum absolute atomic E-state index is 0.791. The molecule has 0 atom stereocenters. The highest BCUT2D eigenvalue weighted by Crippen LogP contribution is 2.31. The molecule has 3 rings (SSSR count). The second-order valence-electron chi connectivity index (χ2n) is 6.88. The third-order valence-electron chi connectivity index (χ3n) is 4.72. The van der Waals surface area contributed by atoms with Gasteiger partial charge in [-0.05, 0) is 86.7 Å². The summed E-state index contributed by atoms with van der Waals surface area (Å²) in [7, 11) is 1.55. The molecule has 142 valence electrons. The van der Waals surface area contributed by atoms with E-state index in [2.05, 4.69) is 34.1 Å². The zero-order valence-electron chi connectivity index (χ0n) is 16.5. The van der Waals surface area contributed by atoms with Crippen LogP contribution in [0.15, 0.2) is 46.5 Å². The molecule has 1 aliphatic heterocycles. The zero-order chi connectivity index (χ0) is 19.2. The van der Waals surface area contributed by atoms with Gasteiger partial charge in [0.05, 0.1) is 17.7 Å². The van der Waals surface area contributed by atoms with E-state index >= 15 is 0 Å². The predicted octanol–water partition coefficient (Wildman–Crippen LogP) is 5.22. The molecule has 5 heteroatoms. The number of nitrogens with zero attached hydrogens (tertiary/aromatic N) is 3. The molecule has 1 saturated heterocycles. The van der Waals surface area contributed by atoms with Gasteiger partial charge in [-0.1, -0.05) is 5.16 Å². The van der Waals surface area contributed by atoms with Gasteiger partial charge in [-0.3, -0.25) is 0 Å². The molecule has 2 aromatic rings. The summed E-state index contributed by atoms with van der Waals surface area (Å²) < 4.78 is 6.08. The van der Waals surface area contributed by atoms with Crippen molar-refractivity contribution in [1.29, 1.82) is 0 Å². The number of aliphatic imine (C=N–C) groups is 1. The van der Waals surface area contributed by atoms with E-state index in [4.69, 9.17) is 9.57 Å². The zero-order valence-corrected chi connectivity index (χ0v) is 16.5. The van der Waals surface area contributed by atoms with Crippen LogP contribution in [0.2, 0.25) is 0 Å². The van der Waals surface area contributed by atoms with Crippen molar-refractivity contribution in [3.63, 3.8) is 0 Å². The highest BCUT2D eigenvalue weighted by Gasteiger charge is 2.09. The Bertz CT molecular complexity index is 835. The second kappa shape index (κ2) is 8.71. The number of rotatable bonds is 6. The Morgan fingerprint density at radius 1 is 1.04 bits per heavy atom. The average molecular weight is 365 g/mol. The van der Waals surface area contributed by atoms with Gasteiger partial charge in [-0.2, -0.15) is 0 Å². The summed E-state index contributed by atoms with van der Waals surface area (Å²) in [6.07, 6.45) is 4.48. The van der Waals surface area contributed by atoms with Crippen LogP contribution in [0.3, 0.4) is 0 Å². The molecule has 27 heavy (non-hydrogen) atoms. The maximum absolute atomic E-state index is 6.08. The van der Waals surface area contributed by atoms with Gasteiger partial charge in [0.2, 0.25) is 0 Å². The van der Waals surface area contributed by atoms with Crippen molar-refractivity contribution in [3.05, 3.63) is 53.1 Å².